The van der Waals surface area contributed by atoms with Crippen molar-refractivity contribution in [2.45, 2.75) is 39.7 Å². The molecule has 1 aliphatic carbocycles. The second kappa shape index (κ2) is 9.26. The zero-order chi connectivity index (χ0) is 21.8. The average molecular weight is 427 g/mol. The summed E-state index contributed by atoms with van der Waals surface area (Å²) in [6, 6.07) is 7.71. The Morgan fingerprint density at radius 3 is 2.33 bits per heavy atom. The minimum atomic E-state index is -1.24. The van der Waals surface area contributed by atoms with E-state index in [2.05, 4.69) is 5.32 Å². The molecule has 6 nitrogen and oxygen atoms in total. The highest BCUT2D eigenvalue weighted by Gasteiger charge is 2.32. The molecule has 30 heavy (non-hydrogen) atoms. The lowest BCUT2D eigenvalue weighted by Gasteiger charge is -2.28. The van der Waals surface area contributed by atoms with E-state index in [0.29, 0.717) is 17.0 Å². The molecule has 2 aromatic rings. The fraction of sp³-hybridized carbons (Fsp3) is 0.348. The third-order valence-electron chi connectivity index (χ3n) is 5.01. The van der Waals surface area contributed by atoms with Gasteiger partial charge < -0.3 is 20.0 Å². The van der Waals surface area contributed by atoms with Crippen LogP contribution in [0.25, 0.3) is 11.1 Å². The molecule has 2 atom stereocenters. The van der Waals surface area contributed by atoms with Crippen molar-refractivity contribution < 1.29 is 24.2 Å². The first-order valence-electron chi connectivity index (χ1n) is 9.84. The quantitative estimate of drug-likeness (QED) is 0.563. The summed E-state index contributed by atoms with van der Waals surface area (Å²) in [5, 5.41) is 16.4. The number of allylic oxidation sites excluding steroid dienone is 2. The second-order valence-corrected chi connectivity index (χ2v) is 8.52. The third-order valence-corrected chi connectivity index (χ3v) is 5.90. The van der Waals surface area contributed by atoms with Gasteiger partial charge in [0, 0.05) is 22.8 Å². The number of hydrogen-bond acceptors (Lipinski definition) is 6. The van der Waals surface area contributed by atoms with Crippen molar-refractivity contribution >= 4 is 34.2 Å². The first-order chi connectivity index (χ1) is 14.3. The maximum Gasteiger partial charge on any atom is 0.342 e. The highest BCUT2D eigenvalue weighted by atomic mass is 32.1. The van der Waals surface area contributed by atoms with Crippen molar-refractivity contribution in [2.75, 3.05) is 5.32 Å². The molecule has 0 radical (unpaired) electrons. The number of carboxylic acids is 1. The molecule has 0 fully saturated rings. The van der Waals surface area contributed by atoms with Crippen LogP contribution >= 0.6 is 11.3 Å². The van der Waals surface area contributed by atoms with Gasteiger partial charge in [-0.25, -0.2) is 4.79 Å². The first-order valence-corrected chi connectivity index (χ1v) is 10.7. The SMILES string of the molecule is Cc1ccc(-c2csc(NC(=O)C3CC=CCC3C(=O)[O-])c2C(=O)OC(C)C)cc1. The Kier molecular flexibility index (Phi) is 6.72. The monoisotopic (exact) mass is 426 g/mol. The van der Waals surface area contributed by atoms with Crippen LogP contribution in [0.15, 0.2) is 41.8 Å². The number of benzene rings is 1. The summed E-state index contributed by atoms with van der Waals surface area (Å²) in [5.41, 5.74) is 2.87. The summed E-state index contributed by atoms with van der Waals surface area (Å²) in [5.74, 6) is -3.86. The lowest BCUT2D eigenvalue weighted by molar-refractivity contribution is -0.313. The largest absolute Gasteiger partial charge is 0.550 e. The van der Waals surface area contributed by atoms with Gasteiger partial charge in [0.05, 0.1) is 12.0 Å². The molecule has 0 spiro atoms. The van der Waals surface area contributed by atoms with Gasteiger partial charge in [-0.05, 0) is 39.2 Å². The molecule has 7 heteroatoms. The number of hydrogen-bond donors (Lipinski definition) is 1. The smallest absolute Gasteiger partial charge is 0.342 e. The van der Waals surface area contributed by atoms with Crippen LogP contribution < -0.4 is 10.4 Å². The molecule has 158 valence electrons. The lowest BCUT2D eigenvalue weighted by atomic mass is 9.82. The van der Waals surface area contributed by atoms with Crippen LogP contribution in [-0.4, -0.2) is 23.9 Å². The number of aliphatic carboxylic acids is 1. The minimum absolute atomic E-state index is 0.252. The predicted molar refractivity (Wildman–Crippen MR) is 114 cm³/mol. The van der Waals surface area contributed by atoms with Crippen LogP contribution in [0.5, 0.6) is 0 Å². The molecule has 1 amide bonds. The van der Waals surface area contributed by atoms with Gasteiger partial charge in [-0.15, -0.1) is 11.3 Å². The summed E-state index contributed by atoms with van der Waals surface area (Å²) in [4.78, 5) is 37.2. The van der Waals surface area contributed by atoms with E-state index >= 15 is 0 Å². The van der Waals surface area contributed by atoms with E-state index in [0.717, 1.165) is 11.1 Å². The maximum absolute atomic E-state index is 12.9. The topological polar surface area (TPSA) is 95.5 Å². The molecule has 0 aliphatic heterocycles. The van der Waals surface area contributed by atoms with Crippen LogP contribution in [0.1, 0.15) is 42.6 Å². The van der Waals surface area contributed by atoms with Gasteiger partial charge >= 0.3 is 5.97 Å². The Balaban J connectivity index is 1.95. The molecule has 2 unspecified atom stereocenters. The van der Waals surface area contributed by atoms with Gasteiger partial charge in [-0.1, -0.05) is 42.0 Å². The number of anilines is 1. The van der Waals surface area contributed by atoms with Gasteiger partial charge in [0.25, 0.3) is 0 Å². The zero-order valence-corrected chi connectivity index (χ0v) is 18.0. The predicted octanol–water partition coefficient (Wildman–Crippen LogP) is 3.56. The second-order valence-electron chi connectivity index (χ2n) is 7.64. The van der Waals surface area contributed by atoms with E-state index in [1.807, 2.05) is 31.2 Å². The summed E-state index contributed by atoms with van der Waals surface area (Å²) in [7, 11) is 0. The van der Waals surface area contributed by atoms with Gasteiger partial charge in [0.15, 0.2) is 0 Å². The van der Waals surface area contributed by atoms with Crippen LogP contribution in [0.4, 0.5) is 5.00 Å². The van der Waals surface area contributed by atoms with Crippen molar-refractivity contribution in [1.29, 1.82) is 0 Å². The average Bonchev–Trinajstić information content (AvgIpc) is 3.11. The number of amides is 1. The van der Waals surface area contributed by atoms with Crippen molar-refractivity contribution in [3.63, 3.8) is 0 Å². The van der Waals surface area contributed by atoms with Crippen LogP contribution in [0.3, 0.4) is 0 Å². The summed E-state index contributed by atoms with van der Waals surface area (Å²) >= 11 is 1.22. The van der Waals surface area contributed by atoms with Crippen LogP contribution in [0, 0.1) is 18.8 Å². The normalized spacial score (nSPS) is 18.3. The fourth-order valence-corrected chi connectivity index (χ4v) is 4.40. The summed E-state index contributed by atoms with van der Waals surface area (Å²) < 4.78 is 5.41. The van der Waals surface area contributed by atoms with E-state index in [9.17, 15) is 19.5 Å². The molecule has 1 aromatic heterocycles. The molecular formula is C23H24NO5S-. The van der Waals surface area contributed by atoms with E-state index in [1.54, 1.807) is 31.4 Å². The highest BCUT2D eigenvalue weighted by Crippen LogP contribution is 2.37. The van der Waals surface area contributed by atoms with Crippen molar-refractivity contribution in [2.24, 2.45) is 11.8 Å². The van der Waals surface area contributed by atoms with Gasteiger partial charge in [0.1, 0.15) is 10.6 Å². The van der Waals surface area contributed by atoms with E-state index in [-0.39, 0.29) is 18.1 Å². The van der Waals surface area contributed by atoms with Crippen molar-refractivity contribution in [3.8, 4) is 11.1 Å². The van der Waals surface area contributed by atoms with Crippen molar-refractivity contribution in [1.82, 2.24) is 0 Å². The Hall–Kier alpha value is -2.93. The fourth-order valence-electron chi connectivity index (χ4n) is 3.44. The molecule has 0 bridgehead atoms. The number of ether oxygens (including phenoxy) is 1. The molecule has 1 heterocycles. The molecule has 0 saturated carbocycles. The van der Waals surface area contributed by atoms with Gasteiger partial charge in [-0.3, -0.25) is 4.79 Å². The van der Waals surface area contributed by atoms with E-state index < -0.39 is 29.7 Å². The number of carbonyl (C=O) groups excluding carboxylic acids is 3. The Morgan fingerprint density at radius 1 is 1.10 bits per heavy atom. The maximum atomic E-state index is 12.9. The van der Waals surface area contributed by atoms with Crippen LogP contribution in [0.2, 0.25) is 0 Å². The summed E-state index contributed by atoms with van der Waals surface area (Å²) in [6.07, 6.45) is 3.78. The molecule has 0 saturated heterocycles. The summed E-state index contributed by atoms with van der Waals surface area (Å²) in [6.45, 7) is 5.49. The molecule has 1 aliphatic rings. The standard InChI is InChI=1S/C23H25NO5S/c1-13(2)29-23(28)19-18(15-10-8-14(3)9-11-15)12-30-21(19)24-20(25)16-6-4-5-7-17(16)22(26)27/h4-5,8-13,16-17H,6-7H2,1-3H3,(H,24,25)(H,26,27)/p-1. The molecule has 3 rings (SSSR count). The Morgan fingerprint density at radius 2 is 1.73 bits per heavy atom. The minimum Gasteiger partial charge on any atom is -0.550 e. The number of esters is 1. The van der Waals surface area contributed by atoms with E-state index in [4.69, 9.17) is 4.74 Å². The zero-order valence-electron chi connectivity index (χ0n) is 17.1. The number of aryl methyl sites for hydroxylation is 1. The van der Waals surface area contributed by atoms with Crippen molar-refractivity contribution in [3.05, 3.63) is 52.9 Å². The first kappa shape index (κ1) is 21.8. The van der Waals surface area contributed by atoms with Crippen LogP contribution in [-0.2, 0) is 14.3 Å². The Labute approximate surface area is 179 Å². The number of carboxylic acid groups (broad SMARTS) is 1. The Bertz CT molecular complexity index is 974. The molecular weight excluding hydrogens is 402 g/mol. The highest BCUT2D eigenvalue weighted by molar-refractivity contribution is 7.15. The third kappa shape index (κ3) is 4.79. The van der Waals surface area contributed by atoms with Gasteiger partial charge in [0.2, 0.25) is 5.91 Å². The van der Waals surface area contributed by atoms with E-state index in [1.165, 1.54) is 11.3 Å². The molecule has 1 N–H and O–H groups in total. The number of thiophene rings is 1. The lowest BCUT2D eigenvalue weighted by Crippen LogP contribution is -2.41. The number of nitrogens with one attached hydrogen (secondary N) is 1. The number of carbonyl (C=O) groups is 3. The molecule has 1 aromatic carbocycles. The van der Waals surface area contributed by atoms with Gasteiger partial charge in [-0.2, -0.15) is 0 Å². The number of rotatable bonds is 6.